The van der Waals surface area contributed by atoms with Crippen LogP contribution in [-0.4, -0.2) is 28.7 Å². The second-order valence-electron chi connectivity index (χ2n) is 8.04. The Bertz CT molecular complexity index is 1470. The van der Waals surface area contributed by atoms with Crippen LogP contribution in [0.2, 0.25) is 0 Å². The summed E-state index contributed by atoms with van der Waals surface area (Å²) >= 11 is 0. The van der Waals surface area contributed by atoms with Crippen molar-refractivity contribution < 1.29 is 22.7 Å². The summed E-state index contributed by atoms with van der Waals surface area (Å²) in [5, 5.41) is 5.51. The van der Waals surface area contributed by atoms with E-state index in [0.717, 1.165) is 11.1 Å². The van der Waals surface area contributed by atoms with Gasteiger partial charge in [0, 0.05) is 23.5 Å². The minimum atomic E-state index is -3.85. The van der Waals surface area contributed by atoms with Crippen LogP contribution in [0.4, 0.5) is 16.2 Å². The molecule has 0 bridgehead atoms. The van der Waals surface area contributed by atoms with Crippen molar-refractivity contribution in [2.75, 3.05) is 24.3 Å². The molecule has 0 heterocycles. The van der Waals surface area contributed by atoms with E-state index < -0.39 is 16.1 Å². The molecule has 9 heteroatoms. The van der Waals surface area contributed by atoms with Crippen LogP contribution in [0.5, 0.6) is 11.5 Å². The number of rotatable bonds is 9. The maximum Gasteiger partial charge on any atom is 0.319 e. The van der Waals surface area contributed by atoms with E-state index in [1.54, 1.807) is 74.9 Å². The molecular formula is C28H27N3O5S. The second-order valence-corrected chi connectivity index (χ2v) is 9.69. The van der Waals surface area contributed by atoms with E-state index in [-0.39, 0.29) is 11.4 Å². The normalized spacial score (nSPS) is 10.9. The van der Waals surface area contributed by atoms with Gasteiger partial charge >= 0.3 is 6.03 Å². The summed E-state index contributed by atoms with van der Waals surface area (Å²) in [6, 6.07) is 27.6. The number of carbonyl (C=O) groups is 1. The molecule has 0 aliphatic carbocycles. The lowest BCUT2D eigenvalue weighted by Gasteiger charge is -2.13. The average molecular weight is 518 g/mol. The van der Waals surface area contributed by atoms with Gasteiger partial charge in [0.05, 0.1) is 19.1 Å². The zero-order valence-electron chi connectivity index (χ0n) is 20.4. The SMILES string of the molecule is COc1ccc(CNC(=O)Nc2ccc(NS(=O)(=O)c3ccccc3-c3ccccc3)cc2)cc1OC. The van der Waals surface area contributed by atoms with Gasteiger partial charge in [0.2, 0.25) is 0 Å². The molecule has 4 rings (SSSR count). The van der Waals surface area contributed by atoms with Crippen molar-refractivity contribution in [2.24, 2.45) is 0 Å². The van der Waals surface area contributed by atoms with E-state index in [2.05, 4.69) is 15.4 Å². The fourth-order valence-electron chi connectivity index (χ4n) is 3.74. The topological polar surface area (TPSA) is 106 Å². The fraction of sp³-hybridized carbons (Fsp3) is 0.107. The number of ether oxygens (including phenoxy) is 2. The number of anilines is 2. The average Bonchev–Trinajstić information content (AvgIpc) is 2.93. The van der Waals surface area contributed by atoms with Gasteiger partial charge in [-0.3, -0.25) is 4.72 Å². The monoisotopic (exact) mass is 517 g/mol. The predicted molar refractivity (Wildman–Crippen MR) is 145 cm³/mol. The van der Waals surface area contributed by atoms with E-state index >= 15 is 0 Å². The van der Waals surface area contributed by atoms with Gasteiger partial charge in [-0.2, -0.15) is 0 Å². The summed E-state index contributed by atoms with van der Waals surface area (Å²) in [5.41, 5.74) is 3.15. The Morgan fingerprint density at radius 3 is 2.11 bits per heavy atom. The highest BCUT2D eigenvalue weighted by Gasteiger charge is 2.19. The number of benzene rings is 4. The Kier molecular flexibility index (Phi) is 7.95. The van der Waals surface area contributed by atoms with Gasteiger partial charge in [-0.15, -0.1) is 0 Å². The van der Waals surface area contributed by atoms with Crippen molar-refractivity contribution in [3.8, 4) is 22.6 Å². The smallest absolute Gasteiger partial charge is 0.319 e. The predicted octanol–water partition coefficient (Wildman–Crippen LogP) is 5.49. The first-order valence-corrected chi connectivity index (χ1v) is 12.9. The number of urea groups is 1. The second kappa shape index (κ2) is 11.5. The zero-order chi connectivity index (χ0) is 26.3. The number of hydrogen-bond donors (Lipinski definition) is 3. The van der Waals surface area contributed by atoms with Crippen LogP contribution in [0, 0.1) is 0 Å². The first kappa shape index (κ1) is 25.6. The van der Waals surface area contributed by atoms with Crippen molar-refractivity contribution >= 4 is 27.4 Å². The quantitative estimate of drug-likeness (QED) is 0.272. The Labute approximate surface area is 216 Å². The van der Waals surface area contributed by atoms with Crippen molar-refractivity contribution in [1.82, 2.24) is 5.32 Å². The summed E-state index contributed by atoms with van der Waals surface area (Å²) in [7, 11) is -0.739. The number of hydrogen-bond acceptors (Lipinski definition) is 5. The molecule has 190 valence electrons. The molecule has 3 N–H and O–H groups in total. The van der Waals surface area contributed by atoms with Crippen LogP contribution in [0.25, 0.3) is 11.1 Å². The van der Waals surface area contributed by atoms with E-state index in [0.29, 0.717) is 28.4 Å². The lowest BCUT2D eigenvalue weighted by Crippen LogP contribution is -2.28. The Hall–Kier alpha value is -4.50. The van der Waals surface area contributed by atoms with Gasteiger partial charge in [-0.1, -0.05) is 54.6 Å². The number of nitrogens with one attached hydrogen (secondary N) is 3. The minimum absolute atomic E-state index is 0.179. The van der Waals surface area contributed by atoms with Crippen LogP contribution in [-0.2, 0) is 16.6 Å². The zero-order valence-corrected chi connectivity index (χ0v) is 21.2. The maximum absolute atomic E-state index is 13.2. The first-order chi connectivity index (χ1) is 17.9. The Balaban J connectivity index is 1.39. The molecule has 0 fully saturated rings. The molecule has 37 heavy (non-hydrogen) atoms. The van der Waals surface area contributed by atoms with Crippen LogP contribution in [0.1, 0.15) is 5.56 Å². The largest absolute Gasteiger partial charge is 0.493 e. The van der Waals surface area contributed by atoms with Crippen LogP contribution in [0.3, 0.4) is 0 Å². The summed E-state index contributed by atoms with van der Waals surface area (Å²) in [5.74, 6) is 1.18. The molecule has 0 aromatic heterocycles. The molecule has 0 unspecified atom stereocenters. The van der Waals surface area contributed by atoms with Crippen LogP contribution < -0.4 is 24.8 Å². The van der Waals surface area contributed by atoms with Gasteiger partial charge in [0.1, 0.15) is 0 Å². The van der Waals surface area contributed by atoms with Crippen molar-refractivity contribution in [3.63, 3.8) is 0 Å². The third-order valence-corrected chi connectivity index (χ3v) is 7.00. The molecule has 0 saturated heterocycles. The summed E-state index contributed by atoms with van der Waals surface area (Å²) in [6.07, 6.45) is 0. The van der Waals surface area contributed by atoms with Crippen molar-refractivity contribution in [1.29, 1.82) is 0 Å². The first-order valence-electron chi connectivity index (χ1n) is 11.4. The van der Waals surface area contributed by atoms with E-state index in [1.807, 2.05) is 36.4 Å². The molecule has 2 amide bonds. The van der Waals surface area contributed by atoms with Gasteiger partial charge < -0.3 is 20.1 Å². The van der Waals surface area contributed by atoms with Crippen molar-refractivity contribution in [2.45, 2.75) is 11.4 Å². The van der Waals surface area contributed by atoms with E-state index in [1.165, 1.54) is 0 Å². The van der Waals surface area contributed by atoms with Crippen molar-refractivity contribution in [3.05, 3.63) is 103 Å². The highest BCUT2D eigenvalue weighted by Crippen LogP contribution is 2.29. The molecule has 0 saturated carbocycles. The maximum atomic E-state index is 13.2. The molecule has 0 aliphatic heterocycles. The highest BCUT2D eigenvalue weighted by atomic mass is 32.2. The minimum Gasteiger partial charge on any atom is -0.493 e. The van der Waals surface area contributed by atoms with E-state index in [4.69, 9.17) is 9.47 Å². The molecular weight excluding hydrogens is 490 g/mol. The lowest BCUT2D eigenvalue weighted by molar-refractivity contribution is 0.251. The summed E-state index contributed by atoms with van der Waals surface area (Å²) < 4.78 is 39.4. The Morgan fingerprint density at radius 2 is 1.41 bits per heavy atom. The molecule has 0 spiro atoms. The van der Waals surface area contributed by atoms with Gasteiger partial charge in [0.25, 0.3) is 10.0 Å². The standard InChI is InChI=1S/C28H27N3O5S/c1-35-25-17-12-20(18-26(25)36-2)19-29-28(32)30-22-13-15-23(16-14-22)31-37(33,34)27-11-7-6-10-24(27)21-8-4-3-5-9-21/h3-18,31H,19H2,1-2H3,(H2,29,30,32). The molecule has 0 aliphatic rings. The van der Waals surface area contributed by atoms with Gasteiger partial charge in [-0.05, 0) is 53.6 Å². The third kappa shape index (κ3) is 6.39. The molecule has 0 atom stereocenters. The fourth-order valence-corrected chi connectivity index (χ4v) is 5.03. The number of methoxy groups -OCH3 is 2. The molecule has 0 radical (unpaired) electrons. The number of carbonyl (C=O) groups excluding carboxylic acids is 1. The summed E-state index contributed by atoms with van der Waals surface area (Å²) in [4.78, 5) is 12.5. The summed E-state index contributed by atoms with van der Waals surface area (Å²) in [6.45, 7) is 0.283. The number of sulfonamides is 1. The Morgan fingerprint density at radius 1 is 0.757 bits per heavy atom. The third-order valence-electron chi connectivity index (χ3n) is 5.56. The molecule has 4 aromatic carbocycles. The van der Waals surface area contributed by atoms with Gasteiger partial charge in [0.15, 0.2) is 11.5 Å². The molecule has 8 nitrogen and oxygen atoms in total. The van der Waals surface area contributed by atoms with Crippen LogP contribution >= 0.6 is 0 Å². The van der Waals surface area contributed by atoms with Gasteiger partial charge in [-0.25, -0.2) is 13.2 Å². The van der Waals surface area contributed by atoms with E-state index in [9.17, 15) is 13.2 Å². The lowest BCUT2D eigenvalue weighted by atomic mass is 10.1. The number of amides is 2. The van der Waals surface area contributed by atoms with Crippen LogP contribution in [0.15, 0.2) is 102 Å². The molecule has 4 aromatic rings. The highest BCUT2D eigenvalue weighted by molar-refractivity contribution is 7.92.